The Balaban J connectivity index is 2.44. The second-order valence-corrected chi connectivity index (χ2v) is 4.59. The molecule has 1 aliphatic heterocycles. The first kappa shape index (κ1) is 13.9. The molecule has 0 aromatic heterocycles. The van der Waals surface area contributed by atoms with Gasteiger partial charge in [0.1, 0.15) is 0 Å². The van der Waals surface area contributed by atoms with Gasteiger partial charge in [0.2, 0.25) is 11.8 Å². The first-order chi connectivity index (χ1) is 8.04. The van der Waals surface area contributed by atoms with Gasteiger partial charge >= 0.3 is 0 Å². The second kappa shape index (κ2) is 6.56. The molecule has 0 radical (unpaired) electrons. The van der Waals surface area contributed by atoms with Crippen molar-refractivity contribution < 1.29 is 9.59 Å². The third kappa shape index (κ3) is 4.32. The Morgan fingerprint density at radius 2 is 2.12 bits per heavy atom. The minimum absolute atomic E-state index is 0.0487. The molecule has 17 heavy (non-hydrogen) atoms. The molecular formula is C11H22N4O2. The Hall–Kier alpha value is -1.14. The van der Waals surface area contributed by atoms with Gasteiger partial charge in [-0.2, -0.15) is 0 Å². The van der Waals surface area contributed by atoms with Crippen LogP contribution in [-0.2, 0) is 9.59 Å². The molecule has 0 aromatic carbocycles. The van der Waals surface area contributed by atoms with Crippen molar-refractivity contribution in [3.05, 3.63) is 0 Å². The summed E-state index contributed by atoms with van der Waals surface area (Å²) in [6.45, 7) is 3.87. The van der Waals surface area contributed by atoms with E-state index in [-0.39, 0.29) is 17.7 Å². The number of carbonyl (C=O) groups excluding carboxylic acids is 2. The van der Waals surface area contributed by atoms with Crippen molar-refractivity contribution in [2.45, 2.75) is 25.8 Å². The molecule has 1 aliphatic rings. The Labute approximate surface area is 102 Å². The van der Waals surface area contributed by atoms with Crippen LogP contribution in [0.4, 0.5) is 0 Å². The van der Waals surface area contributed by atoms with E-state index in [9.17, 15) is 9.59 Å². The number of amides is 2. The zero-order chi connectivity index (χ0) is 12.8. The van der Waals surface area contributed by atoms with Gasteiger partial charge in [-0.15, -0.1) is 0 Å². The summed E-state index contributed by atoms with van der Waals surface area (Å²) in [6.07, 6.45) is 1.72. The monoisotopic (exact) mass is 242 g/mol. The molecule has 0 aromatic rings. The van der Waals surface area contributed by atoms with Crippen LogP contribution in [0.2, 0.25) is 0 Å². The van der Waals surface area contributed by atoms with Crippen LogP contribution in [0.25, 0.3) is 0 Å². The van der Waals surface area contributed by atoms with Crippen LogP contribution in [0.1, 0.15) is 19.8 Å². The maximum atomic E-state index is 11.6. The summed E-state index contributed by atoms with van der Waals surface area (Å²) < 4.78 is 0. The zero-order valence-electron chi connectivity index (χ0n) is 10.3. The quantitative estimate of drug-likeness (QED) is 0.554. The minimum atomic E-state index is -0.274. The molecule has 1 saturated heterocycles. The highest BCUT2D eigenvalue weighted by atomic mass is 16.2. The van der Waals surface area contributed by atoms with E-state index in [0.717, 1.165) is 12.8 Å². The summed E-state index contributed by atoms with van der Waals surface area (Å²) >= 11 is 0. The van der Waals surface area contributed by atoms with Crippen molar-refractivity contribution >= 4 is 11.8 Å². The highest BCUT2D eigenvalue weighted by Gasteiger charge is 2.29. The molecule has 0 spiro atoms. The number of piperidine rings is 1. The van der Waals surface area contributed by atoms with Crippen molar-refractivity contribution in [3.8, 4) is 0 Å². The smallest absolute Gasteiger partial charge is 0.234 e. The third-order valence-electron chi connectivity index (χ3n) is 3.23. The van der Waals surface area contributed by atoms with Crippen LogP contribution < -0.4 is 16.8 Å². The molecule has 1 fully saturated rings. The molecule has 2 atom stereocenters. The standard InChI is InChI=1S/C11H22N4O2/c1-8-2-3-9(11(13)17)6-15(8)7-10(16)14-5-4-12/h8-9H,2-7,12H2,1H3,(H2,13,17)(H,14,16). The number of nitrogens with one attached hydrogen (secondary N) is 1. The average molecular weight is 242 g/mol. The van der Waals surface area contributed by atoms with E-state index in [1.807, 2.05) is 4.90 Å². The lowest BCUT2D eigenvalue weighted by atomic mass is 9.93. The normalized spacial score (nSPS) is 25.5. The lowest BCUT2D eigenvalue weighted by Gasteiger charge is -2.36. The maximum Gasteiger partial charge on any atom is 0.234 e. The van der Waals surface area contributed by atoms with Gasteiger partial charge < -0.3 is 16.8 Å². The fraction of sp³-hybridized carbons (Fsp3) is 0.818. The van der Waals surface area contributed by atoms with Crippen LogP contribution >= 0.6 is 0 Å². The van der Waals surface area contributed by atoms with Crippen LogP contribution in [0.15, 0.2) is 0 Å². The molecule has 1 rings (SSSR count). The Morgan fingerprint density at radius 1 is 1.41 bits per heavy atom. The van der Waals surface area contributed by atoms with Crippen LogP contribution in [0.3, 0.4) is 0 Å². The summed E-state index contributed by atoms with van der Waals surface area (Å²) in [5.41, 5.74) is 10.6. The van der Waals surface area contributed by atoms with E-state index in [1.54, 1.807) is 0 Å². The second-order valence-electron chi connectivity index (χ2n) is 4.59. The van der Waals surface area contributed by atoms with E-state index in [0.29, 0.717) is 32.2 Å². The van der Waals surface area contributed by atoms with Crippen molar-refractivity contribution in [2.24, 2.45) is 17.4 Å². The van der Waals surface area contributed by atoms with Gasteiger partial charge in [-0.05, 0) is 19.8 Å². The molecule has 0 aliphatic carbocycles. The molecule has 6 heteroatoms. The molecule has 1 heterocycles. The number of rotatable bonds is 5. The van der Waals surface area contributed by atoms with Gasteiger partial charge in [0.05, 0.1) is 12.5 Å². The van der Waals surface area contributed by atoms with Crippen LogP contribution in [0, 0.1) is 5.92 Å². The van der Waals surface area contributed by atoms with Gasteiger partial charge in [-0.3, -0.25) is 14.5 Å². The van der Waals surface area contributed by atoms with Gasteiger partial charge in [0.25, 0.3) is 0 Å². The van der Waals surface area contributed by atoms with E-state index >= 15 is 0 Å². The lowest BCUT2D eigenvalue weighted by molar-refractivity contribution is -0.127. The van der Waals surface area contributed by atoms with Gasteiger partial charge in [0, 0.05) is 25.7 Å². The fourth-order valence-corrected chi connectivity index (χ4v) is 2.08. The highest BCUT2D eigenvalue weighted by Crippen LogP contribution is 2.21. The first-order valence-corrected chi connectivity index (χ1v) is 6.04. The number of carbonyl (C=O) groups is 2. The lowest BCUT2D eigenvalue weighted by Crippen LogP contribution is -2.49. The summed E-state index contributed by atoms with van der Waals surface area (Å²) in [5.74, 6) is -0.454. The summed E-state index contributed by atoms with van der Waals surface area (Å²) in [7, 11) is 0. The number of likely N-dealkylation sites (tertiary alicyclic amines) is 1. The topological polar surface area (TPSA) is 101 Å². The molecule has 2 amide bonds. The number of primary amides is 1. The van der Waals surface area contributed by atoms with Crippen LogP contribution in [-0.4, -0.2) is 48.9 Å². The van der Waals surface area contributed by atoms with E-state index < -0.39 is 0 Å². The summed E-state index contributed by atoms with van der Waals surface area (Å²) in [6, 6.07) is 0.314. The number of nitrogens with two attached hydrogens (primary N) is 2. The molecule has 5 N–H and O–H groups in total. The largest absolute Gasteiger partial charge is 0.369 e. The molecule has 0 bridgehead atoms. The Kier molecular flexibility index (Phi) is 5.37. The van der Waals surface area contributed by atoms with Crippen molar-refractivity contribution in [3.63, 3.8) is 0 Å². The minimum Gasteiger partial charge on any atom is -0.369 e. The summed E-state index contributed by atoms with van der Waals surface area (Å²) in [5, 5.41) is 2.72. The van der Waals surface area contributed by atoms with E-state index in [2.05, 4.69) is 12.2 Å². The Bertz CT molecular complexity index is 283. The number of hydrogen-bond donors (Lipinski definition) is 3. The van der Waals surface area contributed by atoms with Crippen molar-refractivity contribution in [1.29, 1.82) is 0 Å². The zero-order valence-corrected chi connectivity index (χ0v) is 10.3. The Morgan fingerprint density at radius 3 is 2.71 bits per heavy atom. The van der Waals surface area contributed by atoms with Gasteiger partial charge in [0.15, 0.2) is 0 Å². The maximum absolute atomic E-state index is 11.6. The van der Waals surface area contributed by atoms with Gasteiger partial charge in [-0.1, -0.05) is 0 Å². The average Bonchev–Trinajstić information content (AvgIpc) is 2.29. The van der Waals surface area contributed by atoms with E-state index in [1.165, 1.54) is 0 Å². The SMILES string of the molecule is CC1CCC(C(N)=O)CN1CC(=O)NCCN. The van der Waals surface area contributed by atoms with E-state index in [4.69, 9.17) is 11.5 Å². The first-order valence-electron chi connectivity index (χ1n) is 6.04. The summed E-state index contributed by atoms with van der Waals surface area (Å²) in [4.78, 5) is 24.7. The van der Waals surface area contributed by atoms with Crippen LogP contribution in [0.5, 0.6) is 0 Å². The highest BCUT2D eigenvalue weighted by molar-refractivity contribution is 5.79. The number of nitrogens with zero attached hydrogens (tertiary/aromatic N) is 1. The van der Waals surface area contributed by atoms with Crippen molar-refractivity contribution in [1.82, 2.24) is 10.2 Å². The predicted octanol–water partition coefficient (Wildman–Crippen LogP) is -1.35. The predicted molar refractivity (Wildman–Crippen MR) is 65.0 cm³/mol. The number of hydrogen-bond acceptors (Lipinski definition) is 4. The third-order valence-corrected chi connectivity index (χ3v) is 3.23. The molecule has 6 nitrogen and oxygen atoms in total. The van der Waals surface area contributed by atoms with Gasteiger partial charge in [-0.25, -0.2) is 0 Å². The molecule has 0 saturated carbocycles. The molecule has 98 valence electrons. The molecule has 2 unspecified atom stereocenters. The van der Waals surface area contributed by atoms with Crippen molar-refractivity contribution in [2.75, 3.05) is 26.2 Å². The molecular weight excluding hydrogens is 220 g/mol. The fourth-order valence-electron chi connectivity index (χ4n) is 2.08.